The van der Waals surface area contributed by atoms with Crippen LogP contribution in [-0.2, 0) is 19.1 Å². The minimum absolute atomic E-state index is 0.0651. The molecule has 0 aromatic carbocycles. The van der Waals surface area contributed by atoms with Gasteiger partial charge in [-0.05, 0) is 67.9 Å². The molecule has 2 saturated carbocycles. The van der Waals surface area contributed by atoms with Crippen molar-refractivity contribution in [2.45, 2.75) is 53.4 Å². The van der Waals surface area contributed by atoms with Crippen molar-refractivity contribution >= 4 is 17.5 Å². The Hall–Kier alpha value is -1.97. The van der Waals surface area contributed by atoms with Crippen LogP contribution < -0.4 is 0 Å². The maximum atomic E-state index is 13.0. The SMILES string of the molecule is CC(=O)OCC(=O)[C@H]1C(C)C[C@H]2[C@@H]3CCC4=CC(=O)C=C[C@]4(C)C3=CC[C@]12C. The number of ketones is 2. The van der Waals surface area contributed by atoms with E-state index in [-0.39, 0.29) is 34.9 Å². The molecule has 28 heavy (non-hydrogen) atoms. The van der Waals surface area contributed by atoms with Crippen molar-refractivity contribution in [2.75, 3.05) is 6.61 Å². The number of hydrogen-bond acceptors (Lipinski definition) is 4. The molecule has 0 aliphatic heterocycles. The Balaban J connectivity index is 1.66. The molecule has 4 aliphatic rings. The summed E-state index contributed by atoms with van der Waals surface area (Å²) < 4.78 is 5.04. The van der Waals surface area contributed by atoms with Gasteiger partial charge in [-0.25, -0.2) is 0 Å². The van der Waals surface area contributed by atoms with E-state index in [9.17, 15) is 14.4 Å². The van der Waals surface area contributed by atoms with Gasteiger partial charge in [0.1, 0.15) is 6.61 Å². The molecule has 0 N–H and O–H groups in total. The largest absolute Gasteiger partial charge is 0.458 e. The highest BCUT2D eigenvalue weighted by molar-refractivity contribution is 6.01. The molecule has 4 rings (SSSR count). The average Bonchev–Trinajstić information content (AvgIpc) is 2.90. The number of carbonyl (C=O) groups is 3. The third-order valence-electron chi connectivity index (χ3n) is 8.05. The molecule has 0 aromatic heterocycles. The van der Waals surface area contributed by atoms with Gasteiger partial charge in [0.25, 0.3) is 0 Å². The van der Waals surface area contributed by atoms with Crippen LogP contribution in [0.2, 0.25) is 0 Å². The second-order valence-electron chi connectivity index (χ2n) is 9.67. The summed E-state index contributed by atoms with van der Waals surface area (Å²) in [5.74, 6) is 0.894. The van der Waals surface area contributed by atoms with E-state index in [1.54, 1.807) is 6.08 Å². The normalized spacial score (nSPS) is 41.4. The highest BCUT2D eigenvalue weighted by atomic mass is 16.5. The molecule has 4 heteroatoms. The van der Waals surface area contributed by atoms with E-state index in [2.05, 4.69) is 32.9 Å². The summed E-state index contributed by atoms with van der Waals surface area (Å²) >= 11 is 0. The lowest BCUT2D eigenvalue weighted by Gasteiger charge is -2.52. The number of Topliss-reactive ketones (excluding diaryl/α,β-unsaturated/α-hetero) is 1. The molecule has 0 spiro atoms. The highest BCUT2D eigenvalue weighted by Gasteiger charge is 2.59. The van der Waals surface area contributed by atoms with E-state index in [1.807, 2.05) is 6.08 Å². The summed E-state index contributed by atoms with van der Waals surface area (Å²) in [5, 5.41) is 0. The van der Waals surface area contributed by atoms with Crippen molar-refractivity contribution in [3.63, 3.8) is 0 Å². The summed E-state index contributed by atoms with van der Waals surface area (Å²) in [7, 11) is 0. The average molecular weight is 383 g/mol. The second-order valence-corrected chi connectivity index (χ2v) is 9.67. The topological polar surface area (TPSA) is 60.4 Å². The van der Waals surface area contributed by atoms with Gasteiger partial charge in [0.2, 0.25) is 0 Å². The minimum Gasteiger partial charge on any atom is -0.458 e. The maximum absolute atomic E-state index is 13.0. The van der Waals surface area contributed by atoms with Gasteiger partial charge in [-0.2, -0.15) is 0 Å². The second kappa shape index (κ2) is 6.53. The molecule has 6 atom stereocenters. The molecular formula is C24H30O4. The summed E-state index contributed by atoms with van der Waals surface area (Å²) in [6.45, 7) is 7.92. The van der Waals surface area contributed by atoms with E-state index in [0.717, 1.165) is 25.7 Å². The first-order valence-corrected chi connectivity index (χ1v) is 10.5. The Labute approximate surface area is 167 Å². The molecule has 0 saturated heterocycles. The van der Waals surface area contributed by atoms with Gasteiger partial charge in [-0.15, -0.1) is 0 Å². The number of esters is 1. The lowest BCUT2D eigenvalue weighted by atomic mass is 9.52. The Kier molecular flexibility index (Phi) is 4.52. The van der Waals surface area contributed by atoms with Crippen LogP contribution in [0.15, 0.2) is 35.5 Å². The smallest absolute Gasteiger partial charge is 0.303 e. The first-order valence-electron chi connectivity index (χ1n) is 10.5. The van der Waals surface area contributed by atoms with E-state index in [1.165, 1.54) is 18.1 Å². The van der Waals surface area contributed by atoms with Crippen molar-refractivity contribution in [2.24, 2.45) is 34.5 Å². The minimum atomic E-state index is -0.398. The van der Waals surface area contributed by atoms with E-state index >= 15 is 0 Å². The molecule has 0 aromatic rings. The zero-order valence-electron chi connectivity index (χ0n) is 17.3. The van der Waals surface area contributed by atoms with E-state index in [4.69, 9.17) is 4.74 Å². The predicted octanol–water partition coefficient (Wildman–Crippen LogP) is 4.21. The Morgan fingerprint density at radius 2 is 2.04 bits per heavy atom. The summed E-state index contributed by atoms with van der Waals surface area (Å²) in [6.07, 6.45) is 11.9. The summed E-state index contributed by atoms with van der Waals surface area (Å²) in [5.41, 5.74) is 2.44. The fourth-order valence-corrected chi connectivity index (χ4v) is 6.84. The van der Waals surface area contributed by atoms with Gasteiger partial charge in [-0.1, -0.05) is 37.1 Å². The number of ether oxygens (including phenoxy) is 1. The molecule has 0 heterocycles. The molecular weight excluding hydrogens is 352 g/mol. The quantitative estimate of drug-likeness (QED) is 0.542. The monoisotopic (exact) mass is 382 g/mol. The van der Waals surface area contributed by atoms with Gasteiger partial charge in [0, 0.05) is 18.3 Å². The number of carbonyl (C=O) groups excluding carboxylic acids is 3. The zero-order valence-corrected chi connectivity index (χ0v) is 17.3. The third-order valence-corrected chi connectivity index (χ3v) is 8.05. The maximum Gasteiger partial charge on any atom is 0.303 e. The number of fused-ring (bicyclic) bond motifs is 5. The fourth-order valence-electron chi connectivity index (χ4n) is 6.84. The molecule has 4 nitrogen and oxygen atoms in total. The van der Waals surface area contributed by atoms with Crippen LogP contribution in [-0.4, -0.2) is 24.1 Å². The number of allylic oxidation sites excluding steroid dienone is 6. The third kappa shape index (κ3) is 2.75. The van der Waals surface area contributed by atoms with Gasteiger partial charge >= 0.3 is 5.97 Å². The molecule has 0 radical (unpaired) electrons. The van der Waals surface area contributed by atoms with Gasteiger partial charge in [0.05, 0.1) is 0 Å². The highest BCUT2D eigenvalue weighted by Crippen LogP contribution is 2.65. The van der Waals surface area contributed by atoms with Crippen LogP contribution in [0.4, 0.5) is 0 Å². The molecule has 4 aliphatic carbocycles. The summed E-state index contributed by atoms with van der Waals surface area (Å²) in [4.78, 5) is 36.0. The lowest BCUT2D eigenvalue weighted by molar-refractivity contribution is -0.148. The molecule has 0 amide bonds. The van der Waals surface area contributed by atoms with Crippen molar-refractivity contribution in [3.05, 3.63) is 35.5 Å². The number of hydrogen-bond donors (Lipinski definition) is 0. The number of rotatable bonds is 3. The standard InChI is InChI=1S/C24H30O4/c1-14-11-20-18-6-5-16-12-17(26)7-9-23(16,3)19(18)8-10-24(20,4)22(14)21(27)13-28-15(2)25/h7-9,12,14,18,20,22H,5-6,10-11,13H2,1-4H3/t14?,18-,20+,22-,23+,24+/m1/s1. The fraction of sp³-hybridized carbons (Fsp3) is 0.625. The van der Waals surface area contributed by atoms with Crippen LogP contribution in [0.3, 0.4) is 0 Å². The molecule has 0 bridgehead atoms. The Morgan fingerprint density at radius 3 is 2.75 bits per heavy atom. The van der Waals surface area contributed by atoms with Crippen LogP contribution in [0.1, 0.15) is 53.4 Å². The van der Waals surface area contributed by atoms with E-state index in [0.29, 0.717) is 17.8 Å². The first kappa shape index (κ1) is 19.4. The van der Waals surface area contributed by atoms with Crippen molar-refractivity contribution in [3.8, 4) is 0 Å². The predicted molar refractivity (Wildman–Crippen MR) is 106 cm³/mol. The van der Waals surface area contributed by atoms with Gasteiger partial charge < -0.3 is 4.74 Å². The Morgan fingerprint density at radius 1 is 1.29 bits per heavy atom. The lowest BCUT2D eigenvalue weighted by Crippen LogP contribution is -2.45. The van der Waals surface area contributed by atoms with Crippen LogP contribution >= 0.6 is 0 Å². The molecule has 2 fully saturated rings. The van der Waals surface area contributed by atoms with Crippen molar-refractivity contribution < 1.29 is 19.1 Å². The zero-order chi connectivity index (χ0) is 20.3. The summed E-state index contributed by atoms with van der Waals surface area (Å²) in [6, 6.07) is 0. The van der Waals surface area contributed by atoms with Gasteiger partial charge in [-0.3, -0.25) is 14.4 Å². The van der Waals surface area contributed by atoms with E-state index < -0.39 is 5.97 Å². The van der Waals surface area contributed by atoms with Crippen molar-refractivity contribution in [1.82, 2.24) is 0 Å². The van der Waals surface area contributed by atoms with Crippen LogP contribution in [0.25, 0.3) is 0 Å². The molecule has 1 unspecified atom stereocenters. The first-order chi connectivity index (χ1) is 13.2. The van der Waals surface area contributed by atoms with Gasteiger partial charge in [0.15, 0.2) is 11.6 Å². The molecule has 150 valence electrons. The Bertz CT molecular complexity index is 832. The van der Waals surface area contributed by atoms with Crippen LogP contribution in [0, 0.1) is 34.5 Å². The van der Waals surface area contributed by atoms with Crippen molar-refractivity contribution in [1.29, 1.82) is 0 Å². The van der Waals surface area contributed by atoms with Crippen LogP contribution in [0.5, 0.6) is 0 Å².